The molecule has 2 aromatic carbocycles. The van der Waals surface area contributed by atoms with E-state index in [1.54, 1.807) is 49.4 Å². The molecule has 2 heterocycles. The van der Waals surface area contributed by atoms with E-state index in [2.05, 4.69) is 4.99 Å². The van der Waals surface area contributed by atoms with Gasteiger partial charge in [0.05, 0.1) is 25.4 Å². The fourth-order valence-corrected chi connectivity index (χ4v) is 3.13. The lowest BCUT2D eigenvalue weighted by Gasteiger charge is -2.22. The monoisotopic (exact) mass is 433 g/mol. The van der Waals surface area contributed by atoms with Crippen molar-refractivity contribution in [2.45, 2.75) is 6.92 Å². The first kappa shape index (κ1) is 20.9. The molecule has 0 spiro atoms. The summed E-state index contributed by atoms with van der Waals surface area (Å²) in [6.07, 6.45) is 3.12. The number of hydrogen-bond donors (Lipinski definition) is 1. The van der Waals surface area contributed by atoms with Gasteiger partial charge in [0.1, 0.15) is 11.5 Å². The van der Waals surface area contributed by atoms with Crippen LogP contribution in [0.5, 0.6) is 17.2 Å². The van der Waals surface area contributed by atoms with Crippen molar-refractivity contribution in [3.63, 3.8) is 0 Å². The Morgan fingerprint density at radius 1 is 1.09 bits per heavy atom. The molecule has 0 unspecified atom stereocenters. The van der Waals surface area contributed by atoms with Gasteiger partial charge in [0, 0.05) is 6.08 Å². The van der Waals surface area contributed by atoms with Gasteiger partial charge in [-0.2, -0.15) is 4.99 Å². The Kier molecular flexibility index (Phi) is 5.46. The molecule has 0 saturated carbocycles. The predicted molar refractivity (Wildman–Crippen MR) is 116 cm³/mol. The molecule has 0 aromatic heterocycles. The minimum atomic E-state index is -0.558. The van der Waals surface area contributed by atoms with Crippen molar-refractivity contribution in [3.05, 3.63) is 71.0 Å². The number of fused-ring (bicyclic) bond motifs is 1. The zero-order chi connectivity index (χ0) is 22.8. The van der Waals surface area contributed by atoms with Gasteiger partial charge in [-0.3, -0.25) is 10.2 Å². The summed E-state index contributed by atoms with van der Waals surface area (Å²) in [5, 5.41) is 9.44. The Hall–Kier alpha value is -4.40. The van der Waals surface area contributed by atoms with Crippen LogP contribution in [0.3, 0.4) is 0 Å². The lowest BCUT2D eigenvalue weighted by molar-refractivity contribution is -0.114. The fraction of sp³-hybridized carbons (Fsp3) is 0.130. The molecule has 2 aliphatic heterocycles. The van der Waals surface area contributed by atoms with Crippen molar-refractivity contribution < 1.29 is 28.6 Å². The average molecular weight is 433 g/mol. The largest absolute Gasteiger partial charge is 0.493 e. The van der Waals surface area contributed by atoms with Crippen molar-refractivity contribution >= 4 is 29.6 Å². The Bertz CT molecular complexity index is 1210. The first-order valence-electron chi connectivity index (χ1n) is 9.54. The van der Waals surface area contributed by atoms with E-state index in [4.69, 9.17) is 24.5 Å². The van der Waals surface area contributed by atoms with E-state index in [-0.39, 0.29) is 17.2 Å². The number of allylic oxidation sites excluding steroid dienone is 1. The van der Waals surface area contributed by atoms with Crippen LogP contribution in [0.4, 0.5) is 0 Å². The molecule has 4 rings (SSSR count). The van der Waals surface area contributed by atoms with Gasteiger partial charge >= 0.3 is 5.97 Å². The van der Waals surface area contributed by atoms with Gasteiger partial charge in [-0.05, 0) is 48.9 Å². The van der Waals surface area contributed by atoms with E-state index >= 15 is 0 Å². The van der Waals surface area contributed by atoms with Crippen LogP contribution in [0, 0.1) is 5.41 Å². The molecule has 32 heavy (non-hydrogen) atoms. The van der Waals surface area contributed by atoms with Crippen LogP contribution >= 0.6 is 0 Å². The van der Waals surface area contributed by atoms with Crippen LogP contribution in [0.25, 0.3) is 6.08 Å². The number of nitrogens with zero attached hydrogens (tertiary/aromatic N) is 2. The fourth-order valence-electron chi connectivity index (χ4n) is 3.13. The molecule has 0 saturated heterocycles. The molecular formula is C23H19N3O6. The zero-order valence-electron chi connectivity index (χ0n) is 17.5. The number of benzene rings is 2. The summed E-state index contributed by atoms with van der Waals surface area (Å²) in [7, 11) is 2.99. The number of esters is 1. The third-order valence-corrected chi connectivity index (χ3v) is 4.70. The number of hydroxylamine groups is 2. The third kappa shape index (κ3) is 3.95. The Morgan fingerprint density at radius 3 is 2.50 bits per heavy atom. The molecule has 0 fully saturated rings. The van der Waals surface area contributed by atoms with Gasteiger partial charge < -0.3 is 19.0 Å². The molecule has 0 radical (unpaired) electrons. The van der Waals surface area contributed by atoms with E-state index in [1.807, 2.05) is 0 Å². The molecular weight excluding hydrogens is 414 g/mol. The lowest BCUT2D eigenvalue weighted by atomic mass is 10.1. The van der Waals surface area contributed by atoms with Crippen LogP contribution in [-0.4, -0.2) is 42.8 Å². The van der Waals surface area contributed by atoms with Crippen molar-refractivity contribution in [1.82, 2.24) is 5.06 Å². The highest BCUT2D eigenvalue weighted by atomic mass is 16.7. The number of ether oxygens (including phenoxy) is 3. The van der Waals surface area contributed by atoms with Gasteiger partial charge in [0.2, 0.25) is 0 Å². The molecule has 9 heteroatoms. The van der Waals surface area contributed by atoms with E-state index < -0.39 is 11.9 Å². The molecule has 0 bridgehead atoms. The van der Waals surface area contributed by atoms with Gasteiger partial charge in [0.15, 0.2) is 23.2 Å². The molecule has 0 aliphatic carbocycles. The quantitative estimate of drug-likeness (QED) is 0.437. The lowest BCUT2D eigenvalue weighted by Crippen LogP contribution is -2.38. The van der Waals surface area contributed by atoms with Crippen molar-refractivity contribution in [2.24, 2.45) is 4.99 Å². The minimum Gasteiger partial charge on any atom is -0.493 e. The molecule has 1 N–H and O–H groups in total. The van der Waals surface area contributed by atoms with E-state index in [1.165, 1.54) is 31.4 Å². The second-order valence-electron chi connectivity index (χ2n) is 6.85. The number of carbonyl (C=O) groups is 2. The second-order valence-corrected chi connectivity index (χ2v) is 6.85. The summed E-state index contributed by atoms with van der Waals surface area (Å²) in [6, 6.07) is 11.2. The van der Waals surface area contributed by atoms with Gasteiger partial charge in [-0.1, -0.05) is 12.1 Å². The zero-order valence-corrected chi connectivity index (χ0v) is 17.5. The highest BCUT2D eigenvalue weighted by Crippen LogP contribution is 2.28. The molecule has 2 aromatic rings. The maximum absolute atomic E-state index is 12.5. The topological polar surface area (TPSA) is 111 Å². The van der Waals surface area contributed by atoms with Crippen molar-refractivity contribution in [2.75, 3.05) is 14.2 Å². The summed E-state index contributed by atoms with van der Waals surface area (Å²) >= 11 is 0. The summed E-state index contributed by atoms with van der Waals surface area (Å²) < 4.78 is 15.8. The first-order valence-corrected chi connectivity index (χ1v) is 9.54. The number of hydrogen-bond acceptors (Lipinski definition) is 7. The van der Waals surface area contributed by atoms with Crippen LogP contribution in [0.1, 0.15) is 22.8 Å². The van der Waals surface area contributed by atoms with E-state index in [9.17, 15) is 9.59 Å². The highest BCUT2D eigenvalue weighted by molar-refractivity contribution is 6.32. The van der Waals surface area contributed by atoms with Gasteiger partial charge in [0.25, 0.3) is 5.91 Å². The summed E-state index contributed by atoms with van der Waals surface area (Å²) in [5.74, 6) is 0.886. The summed E-state index contributed by atoms with van der Waals surface area (Å²) in [4.78, 5) is 34.1. The van der Waals surface area contributed by atoms with E-state index in [0.29, 0.717) is 34.1 Å². The van der Waals surface area contributed by atoms with E-state index in [0.717, 1.165) is 0 Å². The Morgan fingerprint density at radius 2 is 1.81 bits per heavy atom. The van der Waals surface area contributed by atoms with Crippen molar-refractivity contribution in [3.8, 4) is 17.2 Å². The SMILES string of the molecule is COc1ccc(C(=O)Oc2ccc(/C=C3\C(=N)N4OC(C)=CC4=NC3=O)cc2)cc1OC. The smallest absolute Gasteiger partial charge is 0.343 e. The first-order chi connectivity index (χ1) is 15.4. The number of amides is 1. The van der Waals surface area contributed by atoms with Crippen LogP contribution in [-0.2, 0) is 9.63 Å². The standard InChI is InChI=1S/C23H19N3O6/c1-13-10-20-25-22(27)17(21(24)26(20)32-13)11-14-4-7-16(8-5-14)31-23(28)15-6-9-18(29-2)19(12-15)30-3/h4-12,24H,1-3H3/b17-11+,24-21?. The molecule has 2 aliphatic rings. The van der Waals surface area contributed by atoms with Crippen molar-refractivity contribution in [1.29, 1.82) is 5.41 Å². The maximum Gasteiger partial charge on any atom is 0.343 e. The summed E-state index contributed by atoms with van der Waals surface area (Å²) in [6.45, 7) is 1.71. The Balaban J connectivity index is 1.49. The maximum atomic E-state index is 12.5. The number of amidine groups is 2. The predicted octanol–water partition coefficient (Wildman–Crippen LogP) is 3.37. The average Bonchev–Trinajstić information content (AvgIpc) is 3.17. The number of carbonyl (C=O) groups excluding carboxylic acids is 2. The second kappa shape index (κ2) is 8.38. The van der Waals surface area contributed by atoms with Gasteiger partial charge in [-0.15, -0.1) is 5.06 Å². The van der Waals surface area contributed by atoms with Gasteiger partial charge in [-0.25, -0.2) is 4.79 Å². The third-order valence-electron chi connectivity index (χ3n) is 4.70. The summed E-state index contributed by atoms with van der Waals surface area (Å²) in [5.41, 5.74) is 1.02. The Labute approximate surface area is 183 Å². The normalized spacial score (nSPS) is 16.2. The molecule has 9 nitrogen and oxygen atoms in total. The van der Waals surface area contributed by atoms with Crippen LogP contribution in [0.2, 0.25) is 0 Å². The number of aliphatic imine (C=N–C) groups is 1. The highest BCUT2D eigenvalue weighted by Gasteiger charge is 2.34. The molecule has 162 valence electrons. The van der Waals surface area contributed by atoms with Crippen LogP contribution in [0.15, 0.2) is 64.9 Å². The molecule has 0 atom stereocenters. The number of rotatable bonds is 5. The number of nitrogens with one attached hydrogen (secondary N) is 1. The molecule has 1 amide bonds. The minimum absolute atomic E-state index is 0.0897. The van der Waals surface area contributed by atoms with Crippen LogP contribution < -0.4 is 14.2 Å². The number of methoxy groups -OCH3 is 2.